The third-order valence-corrected chi connectivity index (χ3v) is 3.15. The van der Waals surface area contributed by atoms with Crippen LogP contribution in [0.3, 0.4) is 0 Å². The minimum atomic E-state index is -2.88. The van der Waals surface area contributed by atoms with Gasteiger partial charge in [-0.1, -0.05) is 38.1 Å². The molecule has 1 aromatic carbocycles. The van der Waals surface area contributed by atoms with Gasteiger partial charge >= 0.3 is 5.97 Å². The molecule has 0 aliphatic heterocycles. The van der Waals surface area contributed by atoms with Crippen molar-refractivity contribution in [2.24, 2.45) is 5.92 Å². The highest BCUT2D eigenvalue weighted by Gasteiger charge is 2.30. The summed E-state index contributed by atoms with van der Waals surface area (Å²) in [6.07, 6.45) is 1.03. The molecule has 0 unspecified atom stereocenters. The van der Waals surface area contributed by atoms with Crippen molar-refractivity contribution in [2.45, 2.75) is 51.9 Å². The maximum Gasteiger partial charge on any atom is 0.303 e. The molecule has 0 heterocycles. The molecule has 0 saturated carbocycles. The summed E-state index contributed by atoms with van der Waals surface area (Å²) in [7, 11) is 0. The number of halogens is 2. The Hall–Kier alpha value is -1.45. The molecule has 2 nitrogen and oxygen atoms in total. The van der Waals surface area contributed by atoms with Gasteiger partial charge in [0.15, 0.2) is 0 Å². The number of carboxylic acid groups (broad SMARTS) is 1. The van der Waals surface area contributed by atoms with Crippen LogP contribution in [0.25, 0.3) is 0 Å². The molecule has 1 rings (SSSR count). The Morgan fingerprint density at radius 3 is 2.30 bits per heavy atom. The van der Waals surface area contributed by atoms with E-state index >= 15 is 0 Å². The van der Waals surface area contributed by atoms with Crippen molar-refractivity contribution >= 4 is 5.97 Å². The molecule has 0 atom stereocenters. The van der Waals surface area contributed by atoms with Gasteiger partial charge in [-0.3, -0.25) is 4.79 Å². The number of hydrogen-bond donors (Lipinski definition) is 1. The second-order valence-corrected chi connectivity index (χ2v) is 5.60. The van der Waals surface area contributed by atoms with Crippen molar-refractivity contribution in [3.05, 3.63) is 35.4 Å². The Balaban J connectivity index is 2.55. The fourth-order valence-electron chi connectivity index (χ4n) is 2.12. The Morgan fingerprint density at radius 2 is 1.80 bits per heavy atom. The Morgan fingerprint density at radius 1 is 1.20 bits per heavy atom. The maximum atomic E-state index is 13.9. The number of alkyl halides is 2. The lowest BCUT2D eigenvalue weighted by Crippen LogP contribution is -2.13. The van der Waals surface area contributed by atoms with E-state index in [1.54, 1.807) is 12.1 Å². The number of aliphatic carboxylic acids is 1. The van der Waals surface area contributed by atoms with E-state index in [1.165, 1.54) is 12.1 Å². The highest BCUT2D eigenvalue weighted by Crippen LogP contribution is 2.33. The lowest BCUT2D eigenvalue weighted by Gasteiger charge is -2.17. The number of hydrogen-bond acceptors (Lipinski definition) is 1. The second-order valence-electron chi connectivity index (χ2n) is 5.60. The average molecular weight is 284 g/mol. The van der Waals surface area contributed by atoms with Crippen molar-refractivity contribution in [1.82, 2.24) is 0 Å². The van der Waals surface area contributed by atoms with Gasteiger partial charge in [0, 0.05) is 18.4 Å². The summed E-state index contributed by atoms with van der Waals surface area (Å²) in [6, 6.07) is 6.46. The van der Waals surface area contributed by atoms with Gasteiger partial charge in [-0.25, -0.2) is 8.78 Å². The minimum Gasteiger partial charge on any atom is -0.481 e. The summed E-state index contributed by atoms with van der Waals surface area (Å²) in [6.45, 7) is 4.18. The van der Waals surface area contributed by atoms with Crippen LogP contribution >= 0.6 is 0 Å². The van der Waals surface area contributed by atoms with Crippen LogP contribution in [0, 0.1) is 5.92 Å². The van der Waals surface area contributed by atoms with E-state index in [9.17, 15) is 13.6 Å². The van der Waals surface area contributed by atoms with Crippen molar-refractivity contribution in [2.75, 3.05) is 0 Å². The standard InChI is InChI=1S/C16H22F2O2/c1-12(2)11-13-6-8-14(9-7-13)16(17,18)10-4-3-5-15(19)20/h6-9,12H,3-5,10-11H2,1-2H3,(H,19,20). The van der Waals surface area contributed by atoms with Gasteiger partial charge in [0.05, 0.1) is 0 Å². The zero-order valence-electron chi connectivity index (χ0n) is 12.0. The summed E-state index contributed by atoms with van der Waals surface area (Å²) >= 11 is 0. The summed E-state index contributed by atoms with van der Waals surface area (Å²) in [5.74, 6) is -3.32. The molecule has 112 valence electrons. The number of carboxylic acids is 1. The first-order valence-corrected chi connectivity index (χ1v) is 7.00. The first kappa shape index (κ1) is 16.6. The van der Waals surface area contributed by atoms with Crippen LogP contribution in [-0.2, 0) is 17.1 Å². The first-order chi connectivity index (χ1) is 9.31. The van der Waals surface area contributed by atoms with E-state index in [2.05, 4.69) is 13.8 Å². The number of rotatable bonds is 8. The van der Waals surface area contributed by atoms with Crippen molar-refractivity contribution < 1.29 is 18.7 Å². The molecule has 0 aliphatic carbocycles. The predicted molar refractivity (Wildman–Crippen MR) is 75.0 cm³/mol. The first-order valence-electron chi connectivity index (χ1n) is 7.00. The molecule has 0 fully saturated rings. The van der Waals surface area contributed by atoms with E-state index in [-0.39, 0.29) is 31.2 Å². The largest absolute Gasteiger partial charge is 0.481 e. The lowest BCUT2D eigenvalue weighted by molar-refractivity contribution is -0.137. The minimum absolute atomic E-state index is 0.0142. The fraction of sp³-hybridized carbons (Fsp3) is 0.562. The van der Waals surface area contributed by atoms with E-state index < -0.39 is 11.9 Å². The molecule has 0 aromatic heterocycles. The van der Waals surface area contributed by atoms with Gasteiger partial charge in [0.1, 0.15) is 0 Å². The third kappa shape index (κ3) is 5.68. The molecule has 0 amide bonds. The number of unbranched alkanes of at least 4 members (excludes halogenated alkanes) is 1. The van der Waals surface area contributed by atoms with Crippen LogP contribution in [0.1, 0.15) is 50.7 Å². The Kier molecular flexibility index (Phi) is 6.11. The molecular formula is C16H22F2O2. The number of carbonyl (C=O) groups is 1. The monoisotopic (exact) mass is 284 g/mol. The molecule has 0 radical (unpaired) electrons. The van der Waals surface area contributed by atoms with E-state index in [1.807, 2.05) is 0 Å². The van der Waals surface area contributed by atoms with Crippen molar-refractivity contribution in [1.29, 1.82) is 0 Å². The molecule has 0 spiro atoms. The SMILES string of the molecule is CC(C)Cc1ccc(C(F)(F)CCCCC(=O)O)cc1. The maximum absolute atomic E-state index is 13.9. The molecule has 0 aliphatic rings. The highest BCUT2D eigenvalue weighted by atomic mass is 19.3. The Labute approximate surface area is 118 Å². The van der Waals surface area contributed by atoms with Crippen LogP contribution in [-0.4, -0.2) is 11.1 Å². The van der Waals surface area contributed by atoms with E-state index in [4.69, 9.17) is 5.11 Å². The summed E-state index contributed by atoms with van der Waals surface area (Å²) in [4.78, 5) is 10.3. The highest BCUT2D eigenvalue weighted by molar-refractivity contribution is 5.66. The Bertz CT molecular complexity index is 425. The van der Waals surface area contributed by atoms with Crippen LogP contribution in [0.15, 0.2) is 24.3 Å². The molecule has 1 aromatic rings. The molecule has 4 heteroatoms. The molecular weight excluding hydrogens is 262 g/mol. The van der Waals surface area contributed by atoms with E-state index in [0.29, 0.717) is 5.92 Å². The van der Waals surface area contributed by atoms with E-state index in [0.717, 1.165) is 12.0 Å². The van der Waals surface area contributed by atoms with Gasteiger partial charge in [0.25, 0.3) is 5.92 Å². The normalized spacial score (nSPS) is 11.8. The summed E-state index contributed by atoms with van der Waals surface area (Å²) in [5, 5.41) is 8.47. The second kappa shape index (κ2) is 7.36. The summed E-state index contributed by atoms with van der Waals surface area (Å²) < 4.78 is 27.9. The van der Waals surface area contributed by atoms with Crippen molar-refractivity contribution in [3.8, 4) is 0 Å². The number of benzene rings is 1. The zero-order valence-corrected chi connectivity index (χ0v) is 12.0. The zero-order chi connectivity index (χ0) is 15.2. The fourth-order valence-corrected chi connectivity index (χ4v) is 2.12. The van der Waals surface area contributed by atoms with Gasteiger partial charge in [-0.05, 0) is 30.7 Å². The predicted octanol–water partition coefficient (Wildman–Crippen LogP) is 4.62. The molecule has 0 bridgehead atoms. The van der Waals surface area contributed by atoms with Gasteiger partial charge in [0.2, 0.25) is 0 Å². The lowest BCUT2D eigenvalue weighted by atomic mass is 9.97. The molecule has 1 N–H and O–H groups in total. The van der Waals surface area contributed by atoms with Crippen LogP contribution in [0.2, 0.25) is 0 Å². The average Bonchev–Trinajstić information content (AvgIpc) is 2.34. The van der Waals surface area contributed by atoms with Gasteiger partial charge in [-0.2, -0.15) is 0 Å². The van der Waals surface area contributed by atoms with Gasteiger partial charge < -0.3 is 5.11 Å². The van der Waals surface area contributed by atoms with Crippen LogP contribution in [0.4, 0.5) is 8.78 Å². The van der Waals surface area contributed by atoms with Gasteiger partial charge in [-0.15, -0.1) is 0 Å². The summed E-state index contributed by atoms with van der Waals surface area (Å²) in [5.41, 5.74) is 1.07. The van der Waals surface area contributed by atoms with Crippen molar-refractivity contribution in [3.63, 3.8) is 0 Å². The van der Waals surface area contributed by atoms with Crippen LogP contribution in [0.5, 0.6) is 0 Å². The topological polar surface area (TPSA) is 37.3 Å². The molecule has 0 saturated heterocycles. The quantitative estimate of drug-likeness (QED) is 0.707. The third-order valence-electron chi connectivity index (χ3n) is 3.15. The molecule has 20 heavy (non-hydrogen) atoms. The smallest absolute Gasteiger partial charge is 0.303 e. The van der Waals surface area contributed by atoms with Crippen LogP contribution < -0.4 is 0 Å².